The number of fused-ring (bicyclic) bond motifs is 1. The summed E-state index contributed by atoms with van der Waals surface area (Å²) in [5, 5.41) is 0.305. The maximum atomic E-state index is 13.4. The molecule has 0 radical (unpaired) electrons. The van der Waals surface area contributed by atoms with E-state index < -0.39 is 5.82 Å². The summed E-state index contributed by atoms with van der Waals surface area (Å²) in [6.07, 6.45) is 0. The van der Waals surface area contributed by atoms with E-state index in [0.29, 0.717) is 16.7 Å². The molecule has 0 unspecified atom stereocenters. The molecule has 0 fully saturated rings. The molecule has 18 heavy (non-hydrogen) atoms. The predicted molar refractivity (Wildman–Crippen MR) is 69.8 cm³/mol. The lowest BCUT2D eigenvalue weighted by Gasteiger charge is -2.19. The summed E-state index contributed by atoms with van der Waals surface area (Å²) < 4.78 is 18.5. The molecule has 3 nitrogen and oxygen atoms in total. The molecule has 0 aliphatic carbocycles. The number of halogens is 1. The van der Waals surface area contributed by atoms with Crippen molar-refractivity contribution in [2.45, 2.75) is 26.2 Å². The Morgan fingerprint density at radius 2 is 1.89 bits per heavy atom. The van der Waals surface area contributed by atoms with Crippen LogP contribution in [0.1, 0.15) is 26.5 Å². The number of nitrogens with one attached hydrogen (secondary N) is 1. The van der Waals surface area contributed by atoms with Crippen LogP contribution in [0.3, 0.4) is 0 Å². The summed E-state index contributed by atoms with van der Waals surface area (Å²) >= 11 is 0. The second-order valence-electron chi connectivity index (χ2n) is 5.33. The van der Waals surface area contributed by atoms with Crippen molar-refractivity contribution in [2.24, 2.45) is 0 Å². The van der Waals surface area contributed by atoms with Crippen LogP contribution in [0.4, 0.5) is 4.39 Å². The Bertz CT molecular complexity index is 653. The number of benzene rings is 1. The minimum atomic E-state index is -0.478. The molecule has 1 heterocycles. The smallest absolute Gasteiger partial charge is 0.189 e. The van der Waals surface area contributed by atoms with Crippen molar-refractivity contribution >= 4 is 10.9 Å². The van der Waals surface area contributed by atoms with E-state index in [1.54, 1.807) is 0 Å². The molecule has 0 aliphatic heterocycles. The second kappa shape index (κ2) is 4.12. The first-order chi connectivity index (χ1) is 8.32. The van der Waals surface area contributed by atoms with Gasteiger partial charge in [0.2, 0.25) is 0 Å². The summed E-state index contributed by atoms with van der Waals surface area (Å²) in [5.41, 5.74) is 0.944. The highest BCUT2D eigenvalue weighted by atomic mass is 19.1. The van der Waals surface area contributed by atoms with Crippen LogP contribution in [0.2, 0.25) is 0 Å². The van der Waals surface area contributed by atoms with Gasteiger partial charge in [0.25, 0.3) is 0 Å². The van der Waals surface area contributed by atoms with Crippen LogP contribution >= 0.6 is 0 Å². The molecule has 0 atom stereocenters. The molecule has 0 saturated carbocycles. The Hall–Kier alpha value is -1.84. The summed E-state index contributed by atoms with van der Waals surface area (Å²) in [5.74, 6) is -0.137. The molecule has 1 aromatic carbocycles. The maximum absolute atomic E-state index is 13.4. The van der Waals surface area contributed by atoms with Gasteiger partial charge in [0.1, 0.15) is 11.6 Å². The quantitative estimate of drug-likeness (QED) is 0.844. The summed E-state index contributed by atoms with van der Waals surface area (Å²) in [6, 6.07) is 4.01. The molecule has 2 aromatic rings. The van der Waals surface area contributed by atoms with Crippen LogP contribution in [0, 0.1) is 5.82 Å². The minimum Gasteiger partial charge on any atom is -0.494 e. The third-order valence-corrected chi connectivity index (χ3v) is 2.90. The fourth-order valence-electron chi connectivity index (χ4n) is 1.85. The fraction of sp³-hybridized carbons (Fsp3) is 0.357. The van der Waals surface area contributed by atoms with E-state index in [4.69, 9.17) is 4.74 Å². The number of rotatable bonds is 1. The molecule has 1 N–H and O–H groups in total. The van der Waals surface area contributed by atoms with E-state index in [9.17, 15) is 9.18 Å². The van der Waals surface area contributed by atoms with Gasteiger partial charge in [-0.15, -0.1) is 0 Å². The van der Waals surface area contributed by atoms with E-state index in [1.165, 1.54) is 25.3 Å². The van der Waals surface area contributed by atoms with Gasteiger partial charge in [0.05, 0.1) is 18.0 Å². The number of H-pyrrole nitrogens is 1. The summed E-state index contributed by atoms with van der Waals surface area (Å²) in [6.45, 7) is 6.00. The van der Waals surface area contributed by atoms with Crippen molar-refractivity contribution in [3.8, 4) is 5.75 Å². The zero-order valence-corrected chi connectivity index (χ0v) is 10.9. The van der Waals surface area contributed by atoms with Gasteiger partial charge in [-0.05, 0) is 6.07 Å². The van der Waals surface area contributed by atoms with Gasteiger partial charge >= 0.3 is 0 Å². The van der Waals surface area contributed by atoms with E-state index in [-0.39, 0.29) is 10.8 Å². The van der Waals surface area contributed by atoms with Crippen LogP contribution in [0.25, 0.3) is 10.9 Å². The number of methoxy groups -OCH3 is 1. The molecule has 0 amide bonds. The first kappa shape index (κ1) is 12.6. The average molecular weight is 249 g/mol. The van der Waals surface area contributed by atoms with Crippen LogP contribution in [-0.4, -0.2) is 12.1 Å². The van der Waals surface area contributed by atoms with Gasteiger partial charge < -0.3 is 9.72 Å². The highest BCUT2D eigenvalue weighted by Crippen LogP contribution is 2.26. The molecular formula is C14H16FNO2. The Labute approximate surface area is 105 Å². The molecule has 4 heteroatoms. The Balaban J connectivity index is 2.87. The number of hydrogen-bond donors (Lipinski definition) is 1. The molecule has 2 rings (SSSR count). The van der Waals surface area contributed by atoms with Crippen LogP contribution in [0.15, 0.2) is 23.0 Å². The highest BCUT2D eigenvalue weighted by Gasteiger charge is 2.18. The molecular weight excluding hydrogens is 233 g/mol. The maximum Gasteiger partial charge on any atom is 0.189 e. The topological polar surface area (TPSA) is 42.1 Å². The van der Waals surface area contributed by atoms with Gasteiger partial charge in [0, 0.05) is 23.2 Å². The molecule has 0 bridgehead atoms. The van der Waals surface area contributed by atoms with Gasteiger partial charge in [-0.1, -0.05) is 20.8 Å². The third kappa shape index (κ3) is 2.10. The molecule has 0 spiro atoms. The van der Waals surface area contributed by atoms with Gasteiger partial charge in [0.15, 0.2) is 5.43 Å². The van der Waals surface area contributed by atoms with Crippen molar-refractivity contribution in [2.75, 3.05) is 7.11 Å². The number of aromatic nitrogens is 1. The van der Waals surface area contributed by atoms with E-state index in [0.717, 1.165) is 5.69 Å². The van der Waals surface area contributed by atoms with Gasteiger partial charge in [-0.25, -0.2) is 4.39 Å². The first-order valence-corrected chi connectivity index (χ1v) is 5.74. The van der Waals surface area contributed by atoms with Crippen molar-refractivity contribution in [1.82, 2.24) is 4.98 Å². The molecule has 1 aromatic heterocycles. The van der Waals surface area contributed by atoms with Gasteiger partial charge in [-0.2, -0.15) is 0 Å². The number of pyridine rings is 1. The Morgan fingerprint density at radius 1 is 1.22 bits per heavy atom. The predicted octanol–water partition coefficient (Wildman–Crippen LogP) is 2.97. The number of hydrogen-bond acceptors (Lipinski definition) is 2. The van der Waals surface area contributed by atoms with Crippen molar-refractivity contribution in [3.05, 3.63) is 39.9 Å². The highest BCUT2D eigenvalue weighted by molar-refractivity contribution is 5.84. The molecule has 96 valence electrons. The Morgan fingerprint density at radius 3 is 2.44 bits per heavy atom. The van der Waals surface area contributed by atoms with Crippen LogP contribution in [-0.2, 0) is 5.41 Å². The molecule has 0 aliphatic rings. The first-order valence-electron chi connectivity index (χ1n) is 5.74. The van der Waals surface area contributed by atoms with E-state index in [2.05, 4.69) is 4.98 Å². The monoisotopic (exact) mass is 249 g/mol. The zero-order valence-electron chi connectivity index (χ0n) is 10.9. The summed E-state index contributed by atoms with van der Waals surface area (Å²) in [4.78, 5) is 15.2. The minimum absolute atomic E-state index is 0.188. The van der Waals surface area contributed by atoms with Gasteiger partial charge in [-0.3, -0.25) is 4.79 Å². The fourth-order valence-corrected chi connectivity index (χ4v) is 1.85. The van der Waals surface area contributed by atoms with Crippen molar-refractivity contribution in [1.29, 1.82) is 0 Å². The zero-order chi connectivity index (χ0) is 13.5. The summed E-state index contributed by atoms with van der Waals surface area (Å²) in [7, 11) is 1.45. The molecule has 0 saturated heterocycles. The van der Waals surface area contributed by atoms with Crippen LogP contribution < -0.4 is 10.2 Å². The number of aromatic amines is 1. The SMILES string of the molecule is COc1cc(F)cc2c(=O)cc(C(C)(C)C)[nH]c12. The average Bonchev–Trinajstić information content (AvgIpc) is 2.27. The lowest BCUT2D eigenvalue weighted by Crippen LogP contribution is -2.18. The largest absolute Gasteiger partial charge is 0.494 e. The van der Waals surface area contributed by atoms with E-state index in [1.807, 2.05) is 20.8 Å². The third-order valence-electron chi connectivity index (χ3n) is 2.90. The normalized spacial score (nSPS) is 11.8. The Kier molecular flexibility index (Phi) is 2.89. The van der Waals surface area contributed by atoms with Crippen LogP contribution in [0.5, 0.6) is 5.75 Å². The van der Waals surface area contributed by atoms with Crippen molar-refractivity contribution < 1.29 is 9.13 Å². The number of ether oxygens (including phenoxy) is 1. The second-order valence-corrected chi connectivity index (χ2v) is 5.33. The van der Waals surface area contributed by atoms with Crippen molar-refractivity contribution in [3.63, 3.8) is 0 Å². The van der Waals surface area contributed by atoms with E-state index >= 15 is 0 Å². The standard InChI is InChI=1S/C14H16FNO2/c1-14(2,3)12-7-10(17)9-5-8(15)6-11(18-4)13(9)16-12/h5-7H,1-4H3,(H,16,17). The lowest BCUT2D eigenvalue weighted by molar-refractivity contribution is 0.415. The lowest BCUT2D eigenvalue weighted by atomic mass is 9.91.